The Hall–Kier alpha value is -1.10. The second-order valence-electron chi connectivity index (χ2n) is 4.43. The number of nitrogens with two attached hydrogens (primary N) is 1. The topological polar surface area (TPSA) is 35.2 Å². The van der Waals surface area contributed by atoms with Crippen LogP contribution in [0.2, 0.25) is 5.02 Å². The van der Waals surface area contributed by atoms with E-state index in [1.165, 1.54) is 12.1 Å². The predicted molar refractivity (Wildman–Crippen MR) is 82.7 cm³/mol. The summed E-state index contributed by atoms with van der Waals surface area (Å²) in [6.07, 6.45) is 0.550. The van der Waals surface area contributed by atoms with Gasteiger partial charge in [0.2, 0.25) is 0 Å². The van der Waals surface area contributed by atoms with Crippen LogP contribution in [0.5, 0.6) is 5.75 Å². The maximum Gasteiger partial charge on any atom is 0.124 e. The van der Waals surface area contributed by atoms with E-state index in [-0.39, 0.29) is 11.9 Å². The minimum Gasteiger partial charge on any atom is -0.496 e. The zero-order valence-electron chi connectivity index (χ0n) is 10.9. The van der Waals surface area contributed by atoms with Crippen LogP contribution in [-0.4, -0.2) is 7.11 Å². The maximum absolute atomic E-state index is 13.1. The van der Waals surface area contributed by atoms with Crippen molar-refractivity contribution in [2.24, 2.45) is 5.73 Å². The molecule has 2 nitrogen and oxygen atoms in total. The molecule has 2 rings (SSSR count). The average molecular weight is 359 g/mol. The molecule has 0 heterocycles. The van der Waals surface area contributed by atoms with Crippen molar-refractivity contribution in [3.05, 3.63) is 62.8 Å². The summed E-state index contributed by atoms with van der Waals surface area (Å²) >= 11 is 9.33. The molecule has 2 aromatic rings. The summed E-state index contributed by atoms with van der Waals surface area (Å²) in [6.45, 7) is 0. The lowest BCUT2D eigenvalue weighted by Gasteiger charge is -2.16. The lowest BCUT2D eigenvalue weighted by Crippen LogP contribution is -2.14. The van der Waals surface area contributed by atoms with Crippen molar-refractivity contribution >= 4 is 27.5 Å². The van der Waals surface area contributed by atoms with Crippen LogP contribution < -0.4 is 10.5 Å². The lowest BCUT2D eigenvalue weighted by molar-refractivity contribution is 0.408. The van der Waals surface area contributed by atoms with Crippen molar-refractivity contribution in [3.8, 4) is 5.75 Å². The van der Waals surface area contributed by atoms with Crippen molar-refractivity contribution in [3.63, 3.8) is 0 Å². The Balaban J connectivity index is 2.27. The first-order chi connectivity index (χ1) is 9.51. The van der Waals surface area contributed by atoms with Crippen LogP contribution in [0.15, 0.2) is 40.9 Å². The van der Waals surface area contributed by atoms with Gasteiger partial charge in [-0.2, -0.15) is 0 Å². The van der Waals surface area contributed by atoms with E-state index >= 15 is 0 Å². The molecule has 106 valence electrons. The molecule has 0 amide bonds. The number of hydrogen-bond acceptors (Lipinski definition) is 2. The fourth-order valence-corrected chi connectivity index (χ4v) is 2.90. The van der Waals surface area contributed by atoms with E-state index in [9.17, 15) is 4.39 Å². The molecule has 2 aromatic carbocycles. The number of benzene rings is 2. The monoisotopic (exact) mass is 357 g/mol. The molecule has 0 fully saturated rings. The van der Waals surface area contributed by atoms with Crippen LogP contribution in [-0.2, 0) is 6.42 Å². The second kappa shape index (κ2) is 6.57. The zero-order valence-corrected chi connectivity index (χ0v) is 13.2. The minimum atomic E-state index is -0.298. The molecule has 0 spiro atoms. The SMILES string of the molecule is COc1ccc(Cl)cc1CC(N)c1ccc(F)cc1Br. The molecule has 1 atom stereocenters. The first-order valence-electron chi connectivity index (χ1n) is 6.04. The second-order valence-corrected chi connectivity index (χ2v) is 5.72. The maximum atomic E-state index is 13.1. The van der Waals surface area contributed by atoms with Gasteiger partial charge in [-0.1, -0.05) is 33.6 Å². The fourth-order valence-electron chi connectivity index (χ4n) is 2.06. The predicted octanol–water partition coefficient (Wildman–Crippen LogP) is 4.49. The van der Waals surface area contributed by atoms with Crippen molar-refractivity contribution in [1.82, 2.24) is 0 Å². The van der Waals surface area contributed by atoms with E-state index in [0.717, 1.165) is 16.9 Å². The molecule has 0 aliphatic carbocycles. The van der Waals surface area contributed by atoms with Gasteiger partial charge in [0.05, 0.1) is 7.11 Å². The third-order valence-corrected chi connectivity index (χ3v) is 3.97. The van der Waals surface area contributed by atoms with E-state index in [1.54, 1.807) is 19.2 Å². The smallest absolute Gasteiger partial charge is 0.124 e. The van der Waals surface area contributed by atoms with Crippen molar-refractivity contribution in [1.29, 1.82) is 0 Å². The highest BCUT2D eigenvalue weighted by atomic mass is 79.9. The lowest BCUT2D eigenvalue weighted by atomic mass is 9.99. The first kappa shape index (κ1) is 15.3. The number of ether oxygens (including phenoxy) is 1. The number of methoxy groups -OCH3 is 1. The van der Waals surface area contributed by atoms with Gasteiger partial charge < -0.3 is 10.5 Å². The third kappa shape index (κ3) is 3.51. The standard InChI is InChI=1S/C15H14BrClFNO/c1-20-15-5-2-10(17)6-9(15)7-14(19)12-4-3-11(18)8-13(12)16/h2-6,8,14H,7,19H2,1H3. The molecule has 1 unspecified atom stereocenters. The molecule has 2 N–H and O–H groups in total. The van der Waals surface area contributed by atoms with Gasteiger partial charge in [0.25, 0.3) is 0 Å². The van der Waals surface area contributed by atoms with Gasteiger partial charge in [0.15, 0.2) is 0 Å². The normalized spacial score (nSPS) is 12.2. The summed E-state index contributed by atoms with van der Waals surface area (Å²) in [7, 11) is 1.60. The van der Waals surface area contributed by atoms with Crippen LogP contribution in [0.4, 0.5) is 4.39 Å². The Bertz CT molecular complexity index is 621. The van der Waals surface area contributed by atoms with Crippen LogP contribution >= 0.6 is 27.5 Å². The quantitative estimate of drug-likeness (QED) is 0.874. The highest BCUT2D eigenvalue weighted by Gasteiger charge is 2.14. The molecule has 0 saturated carbocycles. The van der Waals surface area contributed by atoms with Gasteiger partial charge in [0.1, 0.15) is 11.6 Å². The molecule has 0 aromatic heterocycles. The minimum absolute atomic E-state index is 0.280. The van der Waals surface area contributed by atoms with Gasteiger partial charge in [0, 0.05) is 15.5 Å². The van der Waals surface area contributed by atoms with Crippen molar-refractivity contribution in [2.45, 2.75) is 12.5 Å². The Kier molecular flexibility index (Phi) is 5.02. The summed E-state index contributed by atoms with van der Waals surface area (Å²) < 4.78 is 19.1. The zero-order chi connectivity index (χ0) is 14.7. The van der Waals surface area contributed by atoms with Gasteiger partial charge in [-0.15, -0.1) is 0 Å². The molecule has 0 aliphatic heterocycles. The first-order valence-corrected chi connectivity index (χ1v) is 7.21. The molecule has 0 saturated heterocycles. The Morgan fingerprint density at radius 2 is 2.05 bits per heavy atom. The van der Waals surface area contributed by atoms with Crippen LogP contribution in [0.25, 0.3) is 0 Å². The van der Waals surface area contributed by atoms with E-state index in [0.29, 0.717) is 15.9 Å². The summed E-state index contributed by atoms with van der Waals surface area (Å²) in [5.41, 5.74) is 7.96. The Morgan fingerprint density at radius 1 is 1.30 bits per heavy atom. The van der Waals surface area contributed by atoms with Crippen LogP contribution in [0, 0.1) is 5.82 Å². The third-order valence-electron chi connectivity index (χ3n) is 3.04. The number of hydrogen-bond donors (Lipinski definition) is 1. The molecule has 0 aliphatic rings. The molecule has 0 radical (unpaired) electrons. The van der Waals surface area contributed by atoms with Crippen LogP contribution in [0.3, 0.4) is 0 Å². The van der Waals surface area contributed by atoms with Crippen molar-refractivity contribution in [2.75, 3.05) is 7.11 Å². The number of rotatable bonds is 4. The highest BCUT2D eigenvalue weighted by molar-refractivity contribution is 9.10. The van der Waals surface area contributed by atoms with E-state index in [2.05, 4.69) is 15.9 Å². The highest BCUT2D eigenvalue weighted by Crippen LogP contribution is 2.30. The van der Waals surface area contributed by atoms with E-state index < -0.39 is 0 Å². The van der Waals surface area contributed by atoms with Gasteiger partial charge in [-0.25, -0.2) is 4.39 Å². The Morgan fingerprint density at radius 3 is 2.70 bits per heavy atom. The van der Waals surface area contributed by atoms with E-state index in [1.807, 2.05) is 12.1 Å². The summed E-state index contributed by atoms with van der Waals surface area (Å²) in [5, 5.41) is 0.631. The average Bonchev–Trinajstić information content (AvgIpc) is 2.38. The number of halogens is 3. The molecule has 5 heteroatoms. The van der Waals surface area contributed by atoms with Crippen LogP contribution in [0.1, 0.15) is 17.2 Å². The van der Waals surface area contributed by atoms with Gasteiger partial charge >= 0.3 is 0 Å². The summed E-state index contributed by atoms with van der Waals surface area (Å²) in [4.78, 5) is 0. The molecular weight excluding hydrogens is 345 g/mol. The summed E-state index contributed by atoms with van der Waals surface area (Å²) in [5.74, 6) is 0.441. The molecule has 20 heavy (non-hydrogen) atoms. The molecule has 0 bridgehead atoms. The molecular formula is C15H14BrClFNO. The largest absolute Gasteiger partial charge is 0.496 e. The fraction of sp³-hybridized carbons (Fsp3) is 0.200. The van der Waals surface area contributed by atoms with Gasteiger partial charge in [-0.05, 0) is 47.9 Å². The summed E-state index contributed by atoms with van der Waals surface area (Å²) in [6, 6.07) is 9.61. The van der Waals surface area contributed by atoms with Gasteiger partial charge in [-0.3, -0.25) is 0 Å². The Labute approximate surface area is 130 Å². The van der Waals surface area contributed by atoms with Crippen molar-refractivity contribution < 1.29 is 9.13 Å². The van der Waals surface area contributed by atoms with E-state index in [4.69, 9.17) is 22.1 Å².